The average molecular weight is 300 g/mol. The van der Waals surface area contributed by atoms with Gasteiger partial charge in [-0.25, -0.2) is 0 Å². The van der Waals surface area contributed by atoms with Gasteiger partial charge in [-0.05, 0) is 25.8 Å². The zero-order chi connectivity index (χ0) is 12.3. The SMILES string of the molecule is Cc1cccc(=O)n1CC1(CBr)CCOCC1. The van der Waals surface area contributed by atoms with Gasteiger partial charge in [-0.2, -0.15) is 0 Å². The first kappa shape index (κ1) is 12.8. The second kappa shape index (κ2) is 5.36. The van der Waals surface area contributed by atoms with Gasteiger partial charge in [0, 0.05) is 42.3 Å². The largest absolute Gasteiger partial charge is 0.381 e. The van der Waals surface area contributed by atoms with Gasteiger partial charge in [0.25, 0.3) is 5.56 Å². The molecule has 1 aliphatic heterocycles. The highest BCUT2D eigenvalue weighted by Crippen LogP contribution is 2.34. The maximum atomic E-state index is 11.9. The van der Waals surface area contributed by atoms with Gasteiger partial charge in [0.15, 0.2) is 0 Å². The fourth-order valence-corrected chi connectivity index (χ4v) is 3.04. The van der Waals surface area contributed by atoms with Crippen LogP contribution in [0.1, 0.15) is 18.5 Å². The zero-order valence-corrected chi connectivity index (χ0v) is 11.7. The summed E-state index contributed by atoms with van der Waals surface area (Å²) in [5, 5.41) is 0.921. The van der Waals surface area contributed by atoms with Crippen molar-refractivity contribution in [1.29, 1.82) is 0 Å². The Bertz CT molecular complexity index is 435. The van der Waals surface area contributed by atoms with Gasteiger partial charge in [-0.15, -0.1) is 0 Å². The van der Waals surface area contributed by atoms with E-state index in [1.807, 2.05) is 23.6 Å². The van der Waals surface area contributed by atoms with Crippen molar-refractivity contribution in [3.63, 3.8) is 0 Å². The predicted octanol–water partition coefficient (Wildman–Crippen LogP) is 2.35. The summed E-state index contributed by atoms with van der Waals surface area (Å²) in [6, 6.07) is 5.44. The molecule has 0 bridgehead atoms. The molecule has 1 aromatic rings. The van der Waals surface area contributed by atoms with E-state index in [2.05, 4.69) is 15.9 Å². The van der Waals surface area contributed by atoms with Crippen molar-refractivity contribution in [2.45, 2.75) is 26.3 Å². The van der Waals surface area contributed by atoms with Gasteiger partial charge >= 0.3 is 0 Å². The van der Waals surface area contributed by atoms with Crippen LogP contribution in [0, 0.1) is 12.3 Å². The summed E-state index contributed by atoms with van der Waals surface area (Å²) in [5.41, 5.74) is 1.29. The molecule has 3 nitrogen and oxygen atoms in total. The van der Waals surface area contributed by atoms with E-state index in [1.165, 1.54) is 0 Å². The highest BCUT2D eigenvalue weighted by molar-refractivity contribution is 9.09. The Hall–Kier alpha value is -0.610. The molecule has 0 aromatic carbocycles. The van der Waals surface area contributed by atoms with Crippen LogP contribution in [0.2, 0.25) is 0 Å². The number of halogens is 1. The predicted molar refractivity (Wildman–Crippen MR) is 71.7 cm³/mol. The van der Waals surface area contributed by atoms with E-state index in [0.717, 1.165) is 43.6 Å². The number of nitrogens with zero attached hydrogens (tertiary/aromatic N) is 1. The monoisotopic (exact) mass is 299 g/mol. The Morgan fingerprint density at radius 3 is 2.71 bits per heavy atom. The normalized spacial score (nSPS) is 19.2. The summed E-state index contributed by atoms with van der Waals surface area (Å²) in [5.74, 6) is 0. The molecule has 17 heavy (non-hydrogen) atoms. The van der Waals surface area contributed by atoms with Crippen molar-refractivity contribution >= 4 is 15.9 Å². The minimum atomic E-state index is 0.0943. The summed E-state index contributed by atoms with van der Waals surface area (Å²) in [7, 11) is 0. The van der Waals surface area contributed by atoms with Gasteiger partial charge in [-0.3, -0.25) is 4.79 Å². The third-order valence-electron chi connectivity index (χ3n) is 3.60. The quantitative estimate of drug-likeness (QED) is 0.802. The Morgan fingerprint density at radius 2 is 2.12 bits per heavy atom. The summed E-state index contributed by atoms with van der Waals surface area (Å²) >= 11 is 3.60. The van der Waals surface area contributed by atoms with Crippen molar-refractivity contribution in [2.24, 2.45) is 5.41 Å². The number of alkyl halides is 1. The fourth-order valence-electron chi connectivity index (χ4n) is 2.30. The van der Waals surface area contributed by atoms with Gasteiger partial charge in [0.1, 0.15) is 0 Å². The standard InChI is InChI=1S/C13H18BrNO2/c1-11-3-2-4-12(16)15(11)10-13(9-14)5-7-17-8-6-13/h2-4H,5-10H2,1H3. The van der Waals surface area contributed by atoms with Gasteiger partial charge in [-0.1, -0.05) is 22.0 Å². The van der Waals surface area contributed by atoms with Crippen LogP contribution in [0.4, 0.5) is 0 Å². The lowest BCUT2D eigenvalue weighted by molar-refractivity contribution is 0.0179. The highest BCUT2D eigenvalue weighted by Gasteiger charge is 2.32. The Balaban J connectivity index is 2.26. The van der Waals surface area contributed by atoms with Crippen LogP contribution in [0.5, 0.6) is 0 Å². The van der Waals surface area contributed by atoms with E-state index in [1.54, 1.807) is 6.07 Å². The first-order valence-corrected chi connectivity index (χ1v) is 7.09. The van der Waals surface area contributed by atoms with Crippen molar-refractivity contribution in [3.8, 4) is 0 Å². The van der Waals surface area contributed by atoms with Gasteiger partial charge < -0.3 is 9.30 Å². The third kappa shape index (κ3) is 2.80. The van der Waals surface area contributed by atoms with Crippen LogP contribution < -0.4 is 5.56 Å². The molecular weight excluding hydrogens is 282 g/mol. The second-order valence-corrected chi connectivity index (χ2v) is 5.40. The Labute approximate surface area is 110 Å². The summed E-state index contributed by atoms with van der Waals surface area (Å²) in [6.07, 6.45) is 2.03. The Morgan fingerprint density at radius 1 is 1.41 bits per heavy atom. The van der Waals surface area contributed by atoms with E-state index < -0.39 is 0 Å². The molecule has 0 radical (unpaired) electrons. The number of rotatable bonds is 3. The van der Waals surface area contributed by atoms with Crippen LogP contribution in [0.15, 0.2) is 23.0 Å². The molecule has 94 valence electrons. The molecule has 0 unspecified atom stereocenters. The molecule has 2 heterocycles. The Kier molecular flexibility index (Phi) is 4.05. The van der Waals surface area contributed by atoms with Crippen molar-refractivity contribution in [2.75, 3.05) is 18.5 Å². The number of ether oxygens (including phenoxy) is 1. The van der Waals surface area contributed by atoms with Crippen LogP contribution in [0.25, 0.3) is 0 Å². The lowest BCUT2D eigenvalue weighted by Gasteiger charge is -2.36. The van der Waals surface area contributed by atoms with Gasteiger partial charge in [0.2, 0.25) is 0 Å². The maximum absolute atomic E-state index is 11.9. The summed E-state index contributed by atoms with van der Waals surface area (Å²) < 4.78 is 7.30. The molecule has 0 saturated carbocycles. The van der Waals surface area contributed by atoms with E-state index in [0.29, 0.717) is 0 Å². The van der Waals surface area contributed by atoms with E-state index in [9.17, 15) is 4.79 Å². The van der Waals surface area contributed by atoms with Crippen LogP contribution in [-0.4, -0.2) is 23.1 Å². The third-order valence-corrected chi connectivity index (χ3v) is 4.79. The number of hydrogen-bond donors (Lipinski definition) is 0. The minimum absolute atomic E-state index is 0.0943. The van der Waals surface area contributed by atoms with Crippen LogP contribution in [-0.2, 0) is 11.3 Å². The first-order chi connectivity index (χ1) is 8.17. The fraction of sp³-hybridized carbons (Fsp3) is 0.615. The van der Waals surface area contributed by atoms with Crippen LogP contribution >= 0.6 is 15.9 Å². The minimum Gasteiger partial charge on any atom is -0.381 e. The first-order valence-electron chi connectivity index (χ1n) is 5.97. The zero-order valence-electron chi connectivity index (χ0n) is 10.1. The smallest absolute Gasteiger partial charge is 0.250 e. The number of hydrogen-bond acceptors (Lipinski definition) is 2. The molecular formula is C13H18BrNO2. The number of aryl methyl sites for hydroxylation is 1. The topological polar surface area (TPSA) is 31.2 Å². The van der Waals surface area contributed by atoms with Crippen molar-refractivity contribution < 1.29 is 4.74 Å². The average Bonchev–Trinajstić information content (AvgIpc) is 2.35. The van der Waals surface area contributed by atoms with E-state index in [-0.39, 0.29) is 11.0 Å². The molecule has 0 spiro atoms. The van der Waals surface area contributed by atoms with Crippen LogP contribution in [0.3, 0.4) is 0 Å². The molecule has 0 aliphatic carbocycles. The second-order valence-electron chi connectivity index (χ2n) is 4.84. The van der Waals surface area contributed by atoms with Gasteiger partial charge in [0.05, 0.1) is 0 Å². The molecule has 2 rings (SSSR count). The molecule has 1 saturated heterocycles. The number of aromatic nitrogens is 1. The lowest BCUT2D eigenvalue weighted by Crippen LogP contribution is -2.38. The maximum Gasteiger partial charge on any atom is 0.250 e. The molecule has 1 aromatic heterocycles. The lowest BCUT2D eigenvalue weighted by atomic mass is 9.82. The molecule has 0 atom stereocenters. The molecule has 0 amide bonds. The van der Waals surface area contributed by atoms with E-state index >= 15 is 0 Å². The van der Waals surface area contributed by atoms with Crippen molar-refractivity contribution in [1.82, 2.24) is 4.57 Å². The highest BCUT2D eigenvalue weighted by atomic mass is 79.9. The summed E-state index contributed by atoms with van der Waals surface area (Å²) in [6.45, 7) is 4.37. The number of pyridine rings is 1. The van der Waals surface area contributed by atoms with E-state index in [4.69, 9.17) is 4.74 Å². The molecule has 4 heteroatoms. The summed E-state index contributed by atoms with van der Waals surface area (Å²) in [4.78, 5) is 11.9. The van der Waals surface area contributed by atoms with Crippen molar-refractivity contribution in [3.05, 3.63) is 34.2 Å². The molecule has 0 N–H and O–H groups in total. The molecule has 1 aliphatic rings. The molecule has 1 fully saturated rings.